The van der Waals surface area contributed by atoms with Crippen molar-refractivity contribution in [2.75, 3.05) is 72.2 Å². The van der Waals surface area contributed by atoms with Gasteiger partial charge in [0.05, 0.1) is 48.4 Å². The third-order valence-corrected chi connectivity index (χ3v) is 13.9. The van der Waals surface area contributed by atoms with Gasteiger partial charge in [0.1, 0.15) is 30.5 Å². The zero-order valence-electron chi connectivity index (χ0n) is 40.7. The monoisotopic (exact) mass is 973 g/mol. The van der Waals surface area contributed by atoms with Crippen LogP contribution in [0, 0.1) is 5.92 Å². The summed E-state index contributed by atoms with van der Waals surface area (Å²) in [4.78, 5) is 64.7. The Morgan fingerprint density at radius 3 is 2.11 bits per heavy atom. The molecular formula is C53H67N9O7S. The van der Waals surface area contributed by atoms with Crippen LogP contribution in [0.1, 0.15) is 68.9 Å². The van der Waals surface area contributed by atoms with Crippen LogP contribution in [0.3, 0.4) is 0 Å². The standard InChI is InChI=1S/C53H67N9O7S/c1-36(54-2)49(63)57-47(39-19-12-7-13-20-39)52(66)62-29-14-21-44(62)50(64)58-48(46(37-15-8-5-9-16-37)38-17-10-6-11-18-38)51(65)55-28-30-67-31-32-68-33-34-69-42-26-27-43-45(35-42)70-53(56-43)60-59-40-22-24-41(25-23-40)61(3)4/h5-6,8-11,15-18,22-27,35-36,39,44,46-48,54H,7,12-14,19-21,28-34H2,1-4H3,(H,55,65)(H,57,63)(H,58,64)/t36-,44-,47-,48-/m0/s1. The van der Waals surface area contributed by atoms with E-state index >= 15 is 0 Å². The van der Waals surface area contributed by atoms with Crippen LogP contribution in [0.25, 0.3) is 10.2 Å². The van der Waals surface area contributed by atoms with Crippen molar-refractivity contribution >= 4 is 61.7 Å². The fraction of sp³-hybridized carbons (Fsp3) is 0.453. The van der Waals surface area contributed by atoms with E-state index < -0.39 is 36.0 Å². The van der Waals surface area contributed by atoms with E-state index in [1.54, 1.807) is 18.9 Å². The first-order valence-corrected chi connectivity index (χ1v) is 25.3. The summed E-state index contributed by atoms with van der Waals surface area (Å²) in [6, 6.07) is 29.7. The van der Waals surface area contributed by atoms with Gasteiger partial charge in [0.25, 0.3) is 0 Å². The van der Waals surface area contributed by atoms with Crippen molar-refractivity contribution in [2.24, 2.45) is 16.1 Å². The van der Waals surface area contributed by atoms with Gasteiger partial charge in [-0.1, -0.05) is 91.3 Å². The molecule has 1 saturated carbocycles. The number of fused-ring (bicyclic) bond motifs is 1. The first-order valence-electron chi connectivity index (χ1n) is 24.4. The number of anilines is 1. The molecule has 0 unspecified atom stereocenters. The summed E-state index contributed by atoms with van der Waals surface area (Å²) in [7, 11) is 5.69. The van der Waals surface area contributed by atoms with E-state index in [9.17, 15) is 19.2 Å². The lowest BCUT2D eigenvalue weighted by molar-refractivity contribution is -0.143. The molecule has 2 aliphatic rings. The molecule has 372 valence electrons. The Morgan fingerprint density at radius 1 is 0.771 bits per heavy atom. The van der Waals surface area contributed by atoms with Crippen LogP contribution in [-0.4, -0.2) is 125 Å². The Labute approximate surface area is 415 Å². The molecule has 1 saturated heterocycles. The Kier molecular flexibility index (Phi) is 19.2. The summed E-state index contributed by atoms with van der Waals surface area (Å²) < 4.78 is 18.5. The number of thiazole rings is 1. The van der Waals surface area contributed by atoms with Crippen molar-refractivity contribution in [1.29, 1.82) is 0 Å². The van der Waals surface area contributed by atoms with Crippen LogP contribution in [0.2, 0.25) is 0 Å². The van der Waals surface area contributed by atoms with Gasteiger partial charge in [-0.25, -0.2) is 4.98 Å². The lowest BCUT2D eigenvalue weighted by Gasteiger charge is -2.36. The number of hydrogen-bond donors (Lipinski definition) is 4. The minimum atomic E-state index is -1.02. The molecule has 0 radical (unpaired) electrons. The van der Waals surface area contributed by atoms with Crippen LogP contribution in [0.15, 0.2) is 113 Å². The van der Waals surface area contributed by atoms with Crippen molar-refractivity contribution in [3.8, 4) is 5.75 Å². The molecule has 7 rings (SSSR count). The zero-order valence-corrected chi connectivity index (χ0v) is 41.5. The largest absolute Gasteiger partial charge is 0.491 e. The minimum absolute atomic E-state index is 0.0189. The van der Waals surface area contributed by atoms with Crippen LogP contribution in [0.4, 0.5) is 16.5 Å². The third-order valence-electron chi connectivity index (χ3n) is 13.0. The van der Waals surface area contributed by atoms with E-state index in [1.165, 1.54) is 11.3 Å². The van der Waals surface area contributed by atoms with Crippen molar-refractivity contribution in [3.63, 3.8) is 0 Å². The van der Waals surface area contributed by atoms with Gasteiger partial charge in [-0.05, 0) is 99.2 Å². The smallest absolute Gasteiger partial charge is 0.246 e. The van der Waals surface area contributed by atoms with Crippen LogP contribution >= 0.6 is 11.3 Å². The number of benzene rings is 4. The average Bonchev–Trinajstić information content (AvgIpc) is 4.06. The average molecular weight is 974 g/mol. The number of ether oxygens (including phenoxy) is 3. The molecule has 2 fully saturated rings. The van der Waals surface area contributed by atoms with E-state index in [1.807, 2.05) is 122 Å². The van der Waals surface area contributed by atoms with Gasteiger partial charge in [0.2, 0.25) is 28.8 Å². The number of nitrogens with zero attached hydrogens (tertiary/aromatic N) is 5. The van der Waals surface area contributed by atoms with Gasteiger partial charge in [0.15, 0.2) is 0 Å². The number of nitrogens with one attached hydrogen (secondary N) is 4. The van der Waals surface area contributed by atoms with Gasteiger partial charge >= 0.3 is 0 Å². The van der Waals surface area contributed by atoms with E-state index in [2.05, 4.69) is 36.5 Å². The number of hydrogen-bond acceptors (Lipinski definition) is 13. The molecular weight excluding hydrogens is 907 g/mol. The summed E-state index contributed by atoms with van der Waals surface area (Å²) in [5.74, 6) is -1.14. The Hall–Kier alpha value is -6.27. The number of rotatable bonds is 24. The second kappa shape index (κ2) is 26.1. The molecule has 0 bridgehead atoms. The number of aromatic nitrogens is 1. The van der Waals surface area contributed by atoms with Crippen molar-refractivity contribution < 1.29 is 33.4 Å². The highest BCUT2D eigenvalue weighted by atomic mass is 32.1. The Balaban J connectivity index is 0.906. The summed E-state index contributed by atoms with van der Waals surface area (Å²) in [5.41, 5.74) is 4.36. The third kappa shape index (κ3) is 14.2. The first kappa shape index (κ1) is 51.6. The molecule has 17 heteroatoms. The molecule has 4 atom stereocenters. The number of carbonyl (C=O) groups is 4. The maximum atomic E-state index is 14.5. The molecule has 4 N–H and O–H groups in total. The highest BCUT2D eigenvalue weighted by Gasteiger charge is 2.43. The SMILES string of the molecule is CN[C@@H](C)C(=O)N[C@H](C(=O)N1CCC[C@H]1C(=O)N[C@H](C(=O)NCCOCCOCCOc1ccc2nc(N=Nc3ccc(N(C)C)cc3)sc2c1)C(c1ccccc1)c1ccccc1)C1CCCCC1. The van der Waals surface area contributed by atoms with Crippen molar-refractivity contribution in [2.45, 2.75) is 82.0 Å². The predicted molar refractivity (Wildman–Crippen MR) is 273 cm³/mol. The normalized spacial score (nSPS) is 16.5. The first-order chi connectivity index (χ1) is 34.1. The second-order valence-electron chi connectivity index (χ2n) is 18.0. The fourth-order valence-corrected chi connectivity index (χ4v) is 9.84. The van der Waals surface area contributed by atoms with Crippen LogP contribution < -0.4 is 30.9 Å². The highest BCUT2D eigenvalue weighted by molar-refractivity contribution is 7.21. The molecule has 70 heavy (non-hydrogen) atoms. The van der Waals surface area contributed by atoms with E-state index in [0.717, 1.165) is 64.8 Å². The molecule has 1 aliphatic heterocycles. The number of likely N-dealkylation sites (tertiary alicyclic amines) is 1. The molecule has 0 spiro atoms. The Morgan fingerprint density at radius 2 is 1.44 bits per heavy atom. The number of carbonyl (C=O) groups excluding carboxylic acids is 4. The number of amides is 4. The molecule has 1 aliphatic carbocycles. The summed E-state index contributed by atoms with van der Waals surface area (Å²) in [5, 5.41) is 21.4. The van der Waals surface area contributed by atoms with E-state index in [4.69, 9.17) is 14.2 Å². The maximum absolute atomic E-state index is 14.5. The summed E-state index contributed by atoms with van der Waals surface area (Å²) >= 11 is 1.44. The molecule has 16 nitrogen and oxygen atoms in total. The molecule has 1 aromatic heterocycles. The molecule has 5 aromatic rings. The maximum Gasteiger partial charge on any atom is 0.246 e. The van der Waals surface area contributed by atoms with Gasteiger partial charge in [0, 0.05) is 38.8 Å². The molecule has 2 heterocycles. The molecule has 4 aromatic carbocycles. The van der Waals surface area contributed by atoms with Gasteiger partial charge in [-0.2, -0.15) is 0 Å². The number of azo groups is 1. The minimum Gasteiger partial charge on any atom is -0.491 e. The lowest BCUT2D eigenvalue weighted by atomic mass is 9.83. The van der Waals surface area contributed by atoms with Crippen LogP contribution in [-0.2, 0) is 28.7 Å². The van der Waals surface area contributed by atoms with Crippen LogP contribution in [0.5, 0.6) is 5.75 Å². The quantitative estimate of drug-likeness (QED) is 0.0361. The topological polar surface area (TPSA) is 188 Å². The summed E-state index contributed by atoms with van der Waals surface area (Å²) in [6.07, 6.45) is 5.80. The second-order valence-corrected chi connectivity index (χ2v) is 19.0. The number of likely N-dealkylation sites (N-methyl/N-ethyl adjacent to an activating group) is 1. The van der Waals surface area contributed by atoms with E-state index in [0.29, 0.717) is 56.7 Å². The van der Waals surface area contributed by atoms with Gasteiger partial charge in [-0.3, -0.25) is 19.2 Å². The van der Waals surface area contributed by atoms with Crippen molar-refractivity contribution in [1.82, 2.24) is 31.2 Å². The molecule has 4 amide bonds. The summed E-state index contributed by atoms with van der Waals surface area (Å²) in [6.45, 7) is 3.89. The Bertz CT molecular complexity index is 2450. The fourth-order valence-electron chi connectivity index (χ4n) is 9.03. The van der Waals surface area contributed by atoms with Gasteiger partial charge in [-0.15, -0.1) is 10.2 Å². The highest BCUT2D eigenvalue weighted by Crippen LogP contribution is 2.34. The predicted octanol–water partition coefficient (Wildman–Crippen LogP) is 7.29. The van der Waals surface area contributed by atoms with Gasteiger partial charge < -0.3 is 45.3 Å². The van der Waals surface area contributed by atoms with Crippen molar-refractivity contribution in [3.05, 3.63) is 114 Å². The zero-order chi connectivity index (χ0) is 49.2. The lowest BCUT2D eigenvalue weighted by Crippen LogP contribution is -2.59. The van der Waals surface area contributed by atoms with E-state index in [-0.39, 0.29) is 36.8 Å².